The molecule has 3 amide bonds. The number of nitrogens with zero attached hydrogens (tertiary/aromatic N) is 3. The molecule has 2 saturated heterocycles. The fraction of sp³-hybridized carbons (Fsp3) is 0.382. The van der Waals surface area contributed by atoms with Crippen molar-refractivity contribution in [3.8, 4) is 11.5 Å². The van der Waals surface area contributed by atoms with Gasteiger partial charge in [0.15, 0.2) is 0 Å². The number of hydrogen-bond donors (Lipinski definition) is 3. The molecule has 238 valence electrons. The lowest BCUT2D eigenvalue weighted by atomic mass is 10.1. The zero-order valence-electron chi connectivity index (χ0n) is 25.8. The van der Waals surface area contributed by atoms with Crippen LogP contribution in [-0.4, -0.2) is 103 Å². The largest absolute Gasteiger partial charge is 0.495 e. The molecule has 2 aliphatic heterocycles. The number of methoxy groups -OCH3 is 1. The number of carbonyl (C=O) groups excluding carboxylic acids is 2. The van der Waals surface area contributed by atoms with Gasteiger partial charge in [-0.25, -0.2) is 4.79 Å². The molecular formula is C34H41N5O6. The number of likely N-dealkylation sites (tertiary alicyclic amines) is 1. The molecule has 1 unspecified atom stereocenters. The van der Waals surface area contributed by atoms with Crippen LogP contribution < -0.4 is 20.1 Å². The monoisotopic (exact) mass is 615 g/mol. The number of carboxylic acids is 1. The van der Waals surface area contributed by atoms with E-state index in [1.165, 1.54) is 7.11 Å². The van der Waals surface area contributed by atoms with E-state index >= 15 is 0 Å². The Bertz CT molecular complexity index is 1480. The summed E-state index contributed by atoms with van der Waals surface area (Å²) in [5.41, 5.74) is 2.94. The van der Waals surface area contributed by atoms with Gasteiger partial charge in [0, 0.05) is 50.9 Å². The van der Waals surface area contributed by atoms with Crippen molar-refractivity contribution in [3.63, 3.8) is 0 Å². The average Bonchev–Trinajstić information content (AvgIpc) is 3.42. The molecule has 3 N–H and O–H groups in total. The predicted molar refractivity (Wildman–Crippen MR) is 172 cm³/mol. The number of urea groups is 1. The highest BCUT2D eigenvalue weighted by Gasteiger charge is 2.38. The molecule has 11 heteroatoms. The van der Waals surface area contributed by atoms with Crippen LogP contribution in [0.3, 0.4) is 0 Å². The first-order valence-corrected chi connectivity index (χ1v) is 15.3. The Morgan fingerprint density at radius 3 is 2.29 bits per heavy atom. The van der Waals surface area contributed by atoms with Crippen LogP contribution in [0.5, 0.6) is 11.5 Å². The lowest BCUT2D eigenvalue weighted by molar-refractivity contribution is -0.139. The maximum absolute atomic E-state index is 13.8. The zero-order chi connectivity index (χ0) is 31.8. The molecule has 45 heavy (non-hydrogen) atoms. The fourth-order valence-electron chi connectivity index (χ4n) is 5.96. The summed E-state index contributed by atoms with van der Waals surface area (Å²) in [6, 6.07) is 22.1. The van der Waals surface area contributed by atoms with Crippen LogP contribution >= 0.6 is 0 Å². The first kappa shape index (κ1) is 31.8. The number of ether oxygens (including phenoxy) is 2. The number of benzene rings is 3. The number of carbonyl (C=O) groups is 3. The number of amides is 3. The van der Waals surface area contributed by atoms with E-state index in [1.54, 1.807) is 12.1 Å². The summed E-state index contributed by atoms with van der Waals surface area (Å²) in [5, 5.41) is 14.8. The van der Waals surface area contributed by atoms with Gasteiger partial charge in [-0.05, 0) is 48.4 Å². The maximum Gasteiger partial charge on any atom is 0.323 e. The molecule has 0 saturated carbocycles. The lowest BCUT2D eigenvalue weighted by Crippen LogP contribution is -2.52. The van der Waals surface area contributed by atoms with Crippen molar-refractivity contribution in [1.29, 1.82) is 0 Å². The molecule has 5 rings (SSSR count). The summed E-state index contributed by atoms with van der Waals surface area (Å²) in [5.74, 6) is 0.409. The summed E-state index contributed by atoms with van der Waals surface area (Å²) in [6.45, 7) is 6.00. The van der Waals surface area contributed by atoms with E-state index in [9.17, 15) is 14.4 Å². The van der Waals surface area contributed by atoms with Crippen molar-refractivity contribution >= 4 is 29.3 Å². The van der Waals surface area contributed by atoms with Crippen LogP contribution in [0.25, 0.3) is 0 Å². The molecular weight excluding hydrogens is 574 g/mol. The first-order chi connectivity index (χ1) is 21.8. The fourth-order valence-corrected chi connectivity index (χ4v) is 5.96. The van der Waals surface area contributed by atoms with Gasteiger partial charge in [-0.2, -0.15) is 0 Å². The standard InChI is InChI=1S/C34H41N5O6/c1-24-8-6-7-11-29(24)35-34(43)36-30-13-12-25(18-31(30)44-2)19-32(40)39-22-28(45-27-9-4-3-5-10-27)20-26(39)21-37-14-16-38(17-15-37)23-33(41)42/h3-13,18,26,28H,14-17,19-23H2,1-2H3,(H,41,42)(H2,35,36,43)/t26?,28-/m0/s1. The smallest absolute Gasteiger partial charge is 0.323 e. The van der Waals surface area contributed by atoms with Crippen LogP contribution in [0, 0.1) is 6.92 Å². The lowest BCUT2D eigenvalue weighted by Gasteiger charge is -2.36. The van der Waals surface area contributed by atoms with Gasteiger partial charge >= 0.3 is 12.0 Å². The SMILES string of the molecule is COc1cc(CC(=O)N2C[C@@H](Oc3ccccc3)CC2CN2CCN(CC(=O)O)CC2)ccc1NC(=O)Nc1ccccc1C. The predicted octanol–water partition coefficient (Wildman–Crippen LogP) is 3.94. The normalized spacial score (nSPS) is 18.8. The van der Waals surface area contributed by atoms with E-state index in [0.29, 0.717) is 49.7 Å². The minimum absolute atomic E-state index is 0.0104. The van der Waals surface area contributed by atoms with Gasteiger partial charge in [-0.15, -0.1) is 0 Å². The van der Waals surface area contributed by atoms with E-state index in [0.717, 1.165) is 30.0 Å². The van der Waals surface area contributed by atoms with Crippen molar-refractivity contribution in [2.45, 2.75) is 31.9 Å². The van der Waals surface area contributed by atoms with Crippen LogP contribution in [0.15, 0.2) is 72.8 Å². The third-order valence-corrected chi connectivity index (χ3v) is 8.30. The zero-order valence-corrected chi connectivity index (χ0v) is 25.8. The molecule has 0 bridgehead atoms. The number of nitrogens with one attached hydrogen (secondary N) is 2. The van der Waals surface area contributed by atoms with Gasteiger partial charge in [-0.3, -0.25) is 19.4 Å². The molecule has 2 heterocycles. The van der Waals surface area contributed by atoms with Gasteiger partial charge in [0.1, 0.15) is 17.6 Å². The number of piperazine rings is 1. The number of aliphatic carboxylic acids is 1. The number of para-hydroxylation sites is 2. The third-order valence-electron chi connectivity index (χ3n) is 8.30. The molecule has 2 fully saturated rings. The number of carboxylic acid groups (broad SMARTS) is 1. The first-order valence-electron chi connectivity index (χ1n) is 15.3. The summed E-state index contributed by atoms with van der Waals surface area (Å²) in [6.07, 6.45) is 0.744. The van der Waals surface area contributed by atoms with E-state index in [1.807, 2.05) is 77.4 Å². The van der Waals surface area contributed by atoms with Crippen molar-refractivity contribution < 1.29 is 29.0 Å². The highest BCUT2D eigenvalue weighted by atomic mass is 16.5. The summed E-state index contributed by atoms with van der Waals surface area (Å²) < 4.78 is 11.8. The van der Waals surface area contributed by atoms with Crippen LogP contribution in [0.1, 0.15) is 17.5 Å². The van der Waals surface area contributed by atoms with Crippen LogP contribution in [0.2, 0.25) is 0 Å². The van der Waals surface area contributed by atoms with Crippen LogP contribution in [-0.2, 0) is 16.0 Å². The van der Waals surface area contributed by atoms with Gasteiger partial charge in [0.25, 0.3) is 0 Å². The summed E-state index contributed by atoms with van der Waals surface area (Å²) in [4.78, 5) is 43.8. The van der Waals surface area contributed by atoms with E-state index in [4.69, 9.17) is 14.6 Å². The quantitative estimate of drug-likeness (QED) is 0.297. The highest BCUT2D eigenvalue weighted by Crippen LogP contribution is 2.29. The van der Waals surface area contributed by atoms with Gasteiger partial charge in [-0.1, -0.05) is 42.5 Å². The van der Waals surface area contributed by atoms with E-state index in [-0.39, 0.29) is 37.0 Å². The molecule has 0 aliphatic carbocycles. The van der Waals surface area contributed by atoms with Crippen molar-refractivity contribution in [1.82, 2.24) is 14.7 Å². The Hall–Kier alpha value is -4.61. The summed E-state index contributed by atoms with van der Waals surface area (Å²) >= 11 is 0. The second kappa shape index (κ2) is 14.9. The van der Waals surface area contributed by atoms with Crippen molar-refractivity contribution in [2.75, 3.05) is 63.6 Å². The van der Waals surface area contributed by atoms with E-state index in [2.05, 4.69) is 15.5 Å². The minimum Gasteiger partial charge on any atom is -0.495 e. The Morgan fingerprint density at radius 1 is 0.889 bits per heavy atom. The van der Waals surface area contributed by atoms with Crippen molar-refractivity contribution in [2.24, 2.45) is 0 Å². The Labute approximate surface area is 263 Å². The van der Waals surface area contributed by atoms with E-state index < -0.39 is 5.97 Å². The van der Waals surface area contributed by atoms with Gasteiger partial charge in [0.2, 0.25) is 5.91 Å². The highest BCUT2D eigenvalue weighted by molar-refractivity contribution is 6.01. The molecule has 2 aliphatic rings. The molecule has 11 nitrogen and oxygen atoms in total. The minimum atomic E-state index is -0.817. The second-order valence-electron chi connectivity index (χ2n) is 11.6. The Morgan fingerprint density at radius 2 is 1.58 bits per heavy atom. The second-order valence-corrected chi connectivity index (χ2v) is 11.6. The van der Waals surface area contributed by atoms with Crippen LogP contribution in [0.4, 0.5) is 16.2 Å². The number of aryl methyl sites for hydroxylation is 1. The molecule has 0 aromatic heterocycles. The molecule has 2 atom stereocenters. The molecule has 3 aromatic carbocycles. The maximum atomic E-state index is 13.8. The Balaban J connectivity index is 1.24. The number of hydrogen-bond acceptors (Lipinski definition) is 7. The van der Waals surface area contributed by atoms with Crippen molar-refractivity contribution in [3.05, 3.63) is 83.9 Å². The molecule has 0 radical (unpaired) electrons. The van der Waals surface area contributed by atoms with Gasteiger partial charge < -0.3 is 30.1 Å². The molecule has 3 aromatic rings. The number of anilines is 2. The topological polar surface area (TPSA) is 124 Å². The number of rotatable bonds is 11. The third kappa shape index (κ3) is 8.74. The Kier molecular flexibility index (Phi) is 10.5. The molecule has 0 spiro atoms. The summed E-state index contributed by atoms with van der Waals surface area (Å²) in [7, 11) is 1.53. The van der Waals surface area contributed by atoms with Gasteiger partial charge in [0.05, 0.1) is 32.3 Å². The average molecular weight is 616 g/mol.